The maximum Gasteiger partial charge on any atom is 0.257 e. The highest BCUT2D eigenvalue weighted by Crippen LogP contribution is 2.28. The molecule has 110 valence electrons. The van der Waals surface area contributed by atoms with Crippen molar-refractivity contribution < 1.29 is 9.18 Å². The maximum absolute atomic E-state index is 13.3. The van der Waals surface area contributed by atoms with Crippen LogP contribution >= 0.6 is 23.2 Å². The van der Waals surface area contributed by atoms with Crippen LogP contribution in [0.25, 0.3) is 0 Å². The third kappa shape index (κ3) is 3.65. The van der Waals surface area contributed by atoms with Crippen LogP contribution in [0.3, 0.4) is 0 Å². The minimum atomic E-state index is -0.704. The van der Waals surface area contributed by atoms with Crippen molar-refractivity contribution in [1.29, 1.82) is 0 Å². The van der Waals surface area contributed by atoms with E-state index in [-0.39, 0.29) is 16.0 Å². The maximum atomic E-state index is 13.3. The van der Waals surface area contributed by atoms with Gasteiger partial charge < -0.3 is 10.6 Å². The van der Waals surface area contributed by atoms with Gasteiger partial charge in [0.2, 0.25) is 0 Å². The van der Waals surface area contributed by atoms with E-state index in [1.165, 1.54) is 12.1 Å². The smallest absolute Gasteiger partial charge is 0.257 e. The van der Waals surface area contributed by atoms with Crippen molar-refractivity contribution in [3.8, 4) is 0 Å². The van der Waals surface area contributed by atoms with Gasteiger partial charge in [-0.3, -0.25) is 4.79 Å². The molecule has 6 heteroatoms. The first-order valence-corrected chi connectivity index (χ1v) is 7.07. The normalized spacial score (nSPS) is 10.3. The summed E-state index contributed by atoms with van der Waals surface area (Å²) in [5, 5.41) is 5.47. The van der Waals surface area contributed by atoms with Gasteiger partial charge in [-0.2, -0.15) is 0 Å². The van der Waals surface area contributed by atoms with Crippen molar-refractivity contribution in [3.05, 3.63) is 57.8 Å². The Hall–Kier alpha value is -1.78. The number of hydrogen-bond donors (Lipinski definition) is 2. The summed E-state index contributed by atoms with van der Waals surface area (Å²) in [5.74, 6) is -1.03. The zero-order valence-electron chi connectivity index (χ0n) is 11.2. The van der Waals surface area contributed by atoms with E-state index in [1.54, 1.807) is 12.1 Å². The van der Waals surface area contributed by atoms with Gasteiger partial charge in [-0.1, -0.05) is 35.3 Å². The second-order valence-corrected chi connectivity index (χ2v) is 5.10. The van der Waals surface area contributed by atoms with Crippen LogP contribution in [0.15, 0.2) is 36.4 Å². The molecule has 2 N–H and O–H groups in total. The van der Waals surface area contributed by atoms with Crippen LogP contribution < -0.4 is 10.6 Å². The van der Waals surface area contributed by atoms with E-state index in [2.05, 4.69) is 10.6 Å². The van der Waals surface area contributed by atoms with E-state index >= 15 is 0 Å². The molecule has 0 saturated heterocycles. The van der Waals surface area contributed by atoms with Gasteiger partial charge >= 0.3 is 0 Å². The van der Waals surface area contributed by atoms with E-state index in [4.69, 9.17) is 23.2 Å². The molecule has 0 heterocycles. The lowest BCUT2D eigenvalue weighted by molar-refractivity contribution is 0.102. The number of carbonyl (C=O) groups is 1. The first-order valence-electron chi connectivity index (χ1n) is 6.31. The molecule has 0 bridgehead atoms. The van der Waals surface area contributed by atoms with Crippen LogP contribution in [-0.2, 0) is 0 Å². The van der Waals surface area contributed by atoms with Gasteiger partial charge in [0, 0.05) is 17.9 Å². The summed E-state index contributed by atoms with van der Waals surface area (Å²) in [6.45, 7) is 2.63. The van der Waals surface area contributed by atoms with Crippen molar-refractivity contribution in [2.45, 2.75) is 6.92 Å². The van der Waals surface area contributed by atoms with Crippen molar-refractivity contribution in [2.75, 3.05) is 17.2 Å². The minimum absolute atomic E-state index is 0.141. The number of nitrogens with one attached hydrogen (secondary N) is 2. The van der Waals surface area contributed by atoms with E-state index < -0.39 is 5.82 Å². The molecule has 2 aromatic rings. The molecule has 0 aliphatic rings. The SMILES string of the molecule is CCNc1ccccc1C(=O)Nc1cc(Cl)c(F)c(Cl)c1. The lowest BCUT2D eigenvalue weighted by atomic mass is 10.1. The van der Waals surface area contributed by atoms with Crippen LogP contribution in [-0.4, -0.2) is 12.5 Å². The fraction of sp³-hybridized carbons (Fsp3) is 0.133. The molecule has 0 aliphatic carbocycles. The molecule has 0 atom stereocenters. The minimum Gasteiger partial charge on any atom is -0.385 e. The molecule has 0 aromatic heterocycles. The Morgan fingerprint density at radius 3 is 2.43 bits per heavy atom. The largest absolute Gasteiger partial charge is 0.385 e. The van der Waals surface area contributed by atoms with Crippen LogP contribution in [0.4, 0.5) is 15.8 Å². The van der Waals surface area contributed by atoms with Crippen molar-refractivity contribution in [1.82, 2.24) is 0 Å². The van der Waals surface area contributed by atoms with E-state index in [0.717, 1.165) is 5.69 Å². The van der Waals surface area contributed by atoms with Crippen LogP contribution in [0.1, 0.15) is 17.3 Å². The van der Waals surface area contributed by atoms with Gasteiger partial charge in [-0.25, -0.2) is 4.39 Å². The molecular weight excluding hydrogens is 314 g/mol. The molecule has 1 amide bonds. The Bertz CT molecular complexity index is 653. The Morgan fingerprint density at radius 2 is 1.81 bits per heavy atom. The molecule has 3 nitrogen and oxygen atoms in total. The fourth-order valence-corrected chi connectivity index (χ4v) is 2.34. The molecule has 2 rings (SSSR count). The van der Waals surface area contributed by atoms with E-state index in [9.17, 15) is 9.18 Å². The second-order valence-electron chi connectivity index (χ2n) is 4.28. The molecule has 0 radical (unpaired) electrons. The summed E-state index contributed by atoms with van der Waals surface area (Å²) in [6.07, 6.45) is 0. The Kier molecular flexibility index (Phi) is 5.04. The molecule has 21 heavy (non-hydrogen) atoms. The predicted molar refractivity (Wildman–Crippen MR) is 85.0 cm³/mol. The summed E-state index contributed by atoms with van der Waals surface area (Å²) in [5.41, 5.74) is 1.54. The highest BCUT2D eigenvalue weighted by molar-refractivity contribution is 6.35. The first-order chi connectivity index (χ1) is 10.0. The van der Waals surface area contributed by atoms with Gasteiger partial charge in [-0.05, 0) is 31.2 Å². The summed E-state index contributed by atoms with van der Waals surface area (Å²) in [6, 6.07) is 9.73. The number of anilines is 2. The highest BCUT2D eigenvalue weighted by Gasteiger charge is 2.13. The fourth-order valence-electron chi connectivity index (χ4n) is 1.85. The second kappa shape index (κ2) is 6.78. The topological polar surface area (TPSA) is 41.1 Å². The molecular formula is C15H13Cl2FN2O. The Balaban J connectivity index is 2.26. The van der Waals surface area contributed by atoms with Gasteiger partial charge in [-0.15, -0.1) is 0 Å². The number of benzene rings is 2. The van der Waals surface area contributed by atoms with Crippen molar-refractivity contribution >= 4 is 40.5 Å². The van der Waals surface area contributed by atoms with Crippen molar-refractivity contribution in [2.24, 2.45) is 0 Å². The van der Waals surface area contributed by atoms with Gasteiger partial charge in [0.05, 0.1) is 15.6 Å². The summed E-state index contributed by atoms with van der Waals surface area (Å²) in [7, 11) is 0. The number of para-hydroxylation sites is 1. The number of rotatable bonds is 4. The molecule has 2 aromatic carbocycles. The lowest BCUT2D eigenvalue weighted by Gasteiger charge is -2.11. The Labute approximate surface area is 132 Å². The quantitative estimate of drug-likeness (QED) is 0.791. The van der Waals surface area contributed by atoms with Crippen LogP contribution in [0.2, 0.25) is 10.0 Å². The summed E-state index contributed by atoms with van der Waals surface area (Å²) < 4.78 is 13.3. The lowest BCUT2D eigenvalue weighted by Crippen LogP contribution is -2.14. The Morgan fingerprint density at radius 1 is 1.19 bits per heavy atom. The van der Waals surface area contributed by atoms with E-state index in [0.29, 0.717) is 17.8 Å². The summed E-state index contributed by atoms with van der Waals surface area (Å²) in [4.78, 5) is 12.3. The first kappa shape index (κ1) is 15.6. The monoisotopic (exact) mass is 326 g/mol. The predicted octanol–water partition coefficient (Wildman–Crippen LogP) is 4.82. The third-order valence-electron chi connectivity index (χ3n) is 2.78. The average molecular weight is 327 g/mol. The standard InChI is InChI=1S/C15H13Cl2FN2O/c1-2-19-13-6-4-3-5-10(13)15(21)20-9-7-11(16)14(18)12(17)8-9/h3-8,19H,2H2,1H3,(H,20,21). The summed E-state index contributed by atoms with van der Waals surface area (Å²) >= 11 is 11.4. The van der Waals surface area contributed by atoms with Gasteiger partial charge in [0.25, 0.3) is 5.91 Å². The zero-order chi connectivity index (χ0) is 15.4. The third-order valence-corrected chi connectivity index (χ3v) is 3.33. The highest BCUT2D eigenvalue weighted by atomic mass is 35.5. The number of amides is 1. The number of hydrogen-bond acceptors (Lipinski definition) is 2. The molecule has 0 saturated carbocycles. The zero-order valence-corrected chi connectivity index (χ0v) is 12.7. The van der Waals surface area contributed by atoms with Gasteiger partial charge in [0.15, 0.2) is 5.82 Å². The number of carbonyl (C=O) groups excluding carboxylic acids is 1. The molecule has 0 aliphatic heterocycles. The van der Waals surface area contributed by atoms with Crippen LogP contribution in [0, 0.1) is 5.82 Å². The molecule has 0 spiro atoms. The molecule has 0 unspecified atom stereocenters. The average Bonchev–Trinajstić information content (AvgIpc) is 2.45. The van der Waals surface area contributed by atoms with Gasteiger partial charge in [0.1, 0.15) is 0 Å². The molecule has 0 fully saturated rings. The number of halogens is 3. The van der Waals surface area contributed by atoms with Crippen molar-refractivity contribution in [3.63, 3.8) is 0 Å². The van der Waals surface area contributed by atoms with Crippen LogP contribution in [0.5, 0.6) is 0 Å². The van der Waals surface area contributed by atoms with E-state index in [1.807, 2.05) is 19.1 Å².